The lowest BCUT2D eigenvalue weighted by Gasteiger charge is -2.35. The van der Waals surface area contributed by atoms with Crippen LogP contribution in [0.15, 0.2) is 53.4 Å². The molecule has 27 heavy (non-hydrogen) atoms. The van der Waals surface area contributed by atoms with Gasteiger partial charge in [0.25, 0.3) is 0 Å². The predicted molar refractivity (Wildman–Crippen MR) is 107 cm³/mol. The molecule has 1 fully saturated rings. The van der Waals surface area contributed by atoms with Crippen molar-refractivity contribution < 1.29 is 13.2 Å². The number of sulfonamides is 1. The van der Waals surface area contributed by atoms with Crippen LogP contribution in [-0.4, -0.2) is 51.9 Å². The van der Waals surface area contributed by atoms with Crippen molar-refractivity contribution in [1.29, 1.82) is 0 Å². The first-order chi connectivity index (χ1) is 12.8. The summed E-state index contributed by atoms with van der Waals surface area (Å²) in [5.41, 5.74) is 1.48. The van der Waals surface area contributed by atoms with Gasteiger partial charge in [-0.05, 0) is 36.4 Å². The third-order valence-corrected chi connectivity index (χ3v) is 5.51. The molecule has 1 saturated heterocycles. The topological polar surface area (TPSA) is 95.7 Å². The number of primary sulfonamides is 1. The first-order valence-electron chi connectivity index (χ1n) is 8.47. The number of benzene rings is 2. The Hall–Kier alpha value is -2.13. The maximum atomic E-state index is 12.3. The Bertz CT molecular complexity index is 928. The normalized spacial score (nSPS) is 15.6. The van der Waals surface area contributed by atoms with Crippen LogP contribution < -0.4 is 15.4 Å². The second-order valence-electron chi connectivity index (χ2n) is 6.36. The molecular weight excluding hydrogens is 388 g/mol. The van der Waals surface area contributed by atoms with Crippen LogP contribution in [0.4, 0.5) is 11.4 Å². The predicted octanol–water partition coefficient (Wildman–Crippen LogP) is 1.75. The zero-order valence-corrected chi connectivity index (χ0v) is 16.2. The summed E-state index contributed by atoms with van der Waals surface area (Å²) >= 11 is 6.04. The standard InChI is InChI=1S/C18H21ClN4O3S/c19-14-3-1-5-16(11-14)23-9-7-22(8-10-23)13-18(24)21-15-4-2-6-17(12-15)27(20,25)26/h1-6,11-12H,7-10,13H2,(H,21,24)(H2,20,25,26). The van der Waals surface area contributed by atoms with Gasteiger partial charge >= 0.3 is 0 Å². The molecule has 0 unspecified atom stereocenters. The van der Waals surface area contributed by atoms with Gasteiger partial charge in [0.2, 0.25) is 15.9 Å². The molecule has 9 heteroatoms. The molecule has 0 aliphatic carbocycles. The van der Waals surface area contributed by atoms with Gasteiger partial charge < -0.3 is 10.2 Å². The third-order valence-electron chi connectivity index (χ3n) is 4.36. The number of halogens is 1. The van der Waals surface area contributed by atoms with Crippen LogP contribution in [0.25, 0.3) is 0 Å². The number of carbonyl (C=O) groups excluding carboxylic acids is 1. The van der Waals surface area contributed by atoms with Crippen LogP contribution in [0.1, 0.15) is 0 Å². The SMILES string of the molecule is NS(=O)(=O)c1cccc(NC(=O)CN2CCN(c3cccc(Cl)c3)CC2)c1. The fourth-order valence-corrected chi connectivity index (χ4v) is 3.74. The van der Waals surface area contributed by atoms with E-state index in [9.17, 15) is 13.2 Å². The maximum Gasteiger partial charge on any atom is 0.238 e. The molecule has 2 aromatic rings. The van der Waals surface area contributed by atoms with Crippen molar-refractivity contribution in [2.75, 3.05) is 42.9 Å². The summed E-state index contributed by atoms with van der Waals surface area (Å²) in [6.45, 7) is 3.33. The van der Waals surface area contributed by atoms with Gasteiger partial charge in [0.1, 0.15) is 0 Å². The van der Waals surface area contributed by atoms with E-state index in [1.807, 2.05) is 24.3 Å². The molecule has 144 valence electrons. The van der Waals surface area contributed by atoms with Crippen molar-refractivity contribution in [1.82, 2.24) is 4.90 Å². The fourth-order valence-electron chi connectivity index (χ4n) is 2.99. The summed E-state index contributed by atoms with van der Waals surface area (Å²) in [5.74, 6) is -0.197. The molecular formula is C18H21ClN4O3S. The second-order valence-corrected chi connectivity index (χ2v) is 8.36. The quantitative estimate of drug-likeness (QED) is 0.785. The molecule has 3 N–H and O–H groups in total. The van der Waals surface area contributed by atoms with E-state index < -0.39 is 10.0 Å². The Labute approximate surface area is 163 Å². The molecule has 0 saturated carbocycles. The van der Waals surface area contributed by atoms with Gasteiger partial charge in [0, 0.05) is 42.6 Å². The van der Waals surface area contributed by atoms with E-state index in [1.54, 1.807) is 12.1 Å². The Morgan fingerprint density at radius 3 is 2.44 bits per heavy atom. The molecule has 1 aliphatic rings. The van der Waals surface area contributed by atoms with Crippen LogP contribution in [-0.2, 0) is 14.8 Å². The highest BCUT2D eigenvalue weighted by Gasteiger charge is 2.19. The van der Waals surface area contributed by atoms with Gasteiger partial charge in [-0.1, -0.05) is 23.7 Å². The van der Waals surface area contributed by atoms with E-state index in [0.29, 0.717) is 10.7 Å². The van der Waals surface area contributed by atoms with Gasteiger partial charge in [-0.2, -0.15) is 0 Å². The van der Waals surface area contributed by atoms with Crippen LogP contribution >= 0.6 is 11.6 Å². The monoisotopic (exact) mass is 408 g/mol. The first-order valence-corrected chi connectivity index (χ1v) is 10.4. The van der Waals surface area contributed by atoms with Crippen LogP contribution in [0.5, 0.6) is 0 Å². The third kappa shape index (κ3) is 5.43. The molecule has 7 nitrogen and oxygen atoms in total. The summed E-state index contributed by atoms with van der Waals surface area (Å²) in [7, 11) is -3.80. The number of anilines is 2. The van der Waals surface area contributed by atoms with Crippen molar-refractivity contribution in [3.8, 4) is 0 Å². The number of hydrogen-bond acceptors (Lipinski definition) is 5. The molecule has 3 rings (SSSR count). The number of nitrogens with two attached hydrogens (primary N) is 1. The van der Waals surface area contributed by atoms with Crippen molar-refractivity contribution in [3.05, 3.63) is 53.6 Å². The second kappa shape index (κ2) is 8.26. The highest BCUT2D eigenvalue weighted by molar-refractivity contribution is 7.89. The Morgan fingerprint density at radius 1 is 1.07 bits per heavy atom. The average Bonchev–Trinajstić information content (AvgIpc) is 2.62. The molecule has 0 bridgehead atoms. The molecule has 0 atom stereocenters. The van der Waals surface area contributed by atoms with Gasteiger partial charge in [0.15, 0.2) is 0 Å². The van der Waals surface area contributed by atoms with Gasteiger partial charge in [0.05, 0.1) is 11.4 Å². The highest BCUT2D eigenvalue weighted by Crippen LogP contribution is 2.21. The zero-order chi connectivity index (χ0) is 19.4. The number of amides is 1. The number of rotatable bonds is 5. The van der Waals surface area contributed by atoms with E-state index in [-0.39, 0.29) is 17.3 Å². The minimum Gasteiger partial charge on any atom is -0.369 e. The van der Waals surface area contributed by atoms with Gasteiger partial charge in [-0.25, -0.2) is 13.6 Å². The molecule has 0 aromatic heterocycles. The minimum atomic E-state index is -3.80. The smallest absolute Gasteiger partial charge is 0.238 e. The summed E-state index contributed by atoms with van der Waals surface area (Å²) in [4.78, 5) is 16.5. The van der Waals surface area contributed by atoms with E-state index in [0.717, 1.165) is 31.9 Å². The van der Waals surface area contributed by atoms with Crippen LogP contribution in [0.3, 0.4) is 0 Å². The lowest BCUT2D eigenvalue weighted by molar-refractivity contribution is -0.117. The molecule has 1 amide bonds. The Morgan fingerprint density at radius 2 is 1.78 bits per heavy atom. The number of piperazine rings is 1. The fraction of sp³-hybridized carbons (Fsp3) is 0.278. The van der Waals surface area contributed by atoms with E-state index in [1.165, 1.54) is 12.1 Å². The average molecular weight is 409 g/mol. The lowest BCUT2D eigenvalue weighted by atomic mass is 10.2. The highest BCUT2D eigenvalue weighted by atomic mass is 35.5. The summed E-state index contributed by atoms with van der Waals surface area (Å²) in [5, 5.41) is 8.54. The van der Waals surface area contributed by atoms with Gasteiger partial charge in [-0.15, -0.1) is 0 Å². The molecule has 1 aliphatic heterocycles. The van der Waals surface area contributed by atoms with E-state index >= 15 is 0 Å². The summed E-state index contributed by atoms with van der Waals surface area (Å²) in [6.07, 6.45) is 0. The van der Waals surface area contributed by atoms with Crippen LogP contribution in [0.2, 0.25) is 5.02 Å². The lowest BCUT2D eigenvalue weighted by Crippen LogP contribution is -2.48. The number of nitrogens with one attached hydrogen (secondary N) is 1. The molecule has 1 heterocycles. The van der Waals surface area contributed by atoms with Crippen molar-refractivity contribution >= 4 is 38.9 Å². The van der Waals surface area contributed by atoms with Crippen LogP contribution in [0, 0.1) is 0 Å². The summed E-state index contributed by atoms with van der Waals surface area (Å²) in [6, 6.07) is 13.6. The molecule has 2 aromatic carbocycles. The maximum absolute atomic E-state index is 12.3. The Kier molecular flexibility index (Phi) is 6.01. The number of nitrogens with zero attached hydrogens (tertiary/aromatic N) is 2. The molecule has 0 spiro atoms. The number of carbonyl (C=O) groups is 1. The number of hydrogen-bond donors (Lipinski definition) is 2. The minimum absolute atomic E-state index is 0.0320. The van der Waals surface area contributed by atoms with E-state index in [4.69, 9.17) is 16.7 Å². The van der Waals surface area contributed by atoms with Crippen molar-refractivity contribution in [3.63, 3.8) is 0 Å². The van der Waals surface area contributed by atoms with E-state index in [2.05, 4.69) is 15.1 Å². The Balaban J connectivity index is 1.53. The zero-order valence-electron chi connectivity index (χ0n) is 14.6. The van der Waals surface area contributed by atoms with Gasteiger partial charge in [-0.3, -0.25) is 9.69 Å². The first kappa shape index (κ1) is 19.6. The summed E-state index contributed by atoms with van der Waals surface area (Å²) < 4.78 is 22.8. The molecule has 0 radical (unpaired) electrons. The van der Waals surface area contributed by atoms with Crippen molar-refractivity contribution in [2.24, 2.45) is 5.14 Å². The van der Waals surface area contributed by atoms with Crippen molar-refractivity contribution in [2.45, 2.75) is 4.90 Å². The largest absolute Gasteiger partial charge is 0.369 e.